The van der Waals surface area contributed by atoms with Crippen molar-refractivity contribution >= 4 is 46.7 Å². The molecule has 5 N–H and O–H groups in total. The number of anilines is 3. The van der Waals surface area contributed by atoms with Gasteiger partial charge in [0.15, 0.2) is 5.82 Å². The van der Waals surface area contributed by atoms with E-state index in [4.69, 9.17) is 28.2 Å². The number of piperidine rings is 1. The van der Waals surface area contributed by atoms with Crippen LogP contribution >= 0.6 is 23.4 Å². The molecule has 0 aliphatic carbocycles. The third-order valence-electron chi connectivity index (χ3n) is 4.31. The van der Waals surface area contributed by atoms with Crippen molar-refractivity contribution in [1.82, 2.24) is 9.97 Å². The molecule has 0 radical (unpaired) electrons. The van der Waals surface area contributed by atoms with E-state index in [0.29, 0.717) is 39.4 Å². The van der Waals surface area contributed by atoms with Crippen LogP contribution in [0.5, 0.6) is 0 Å². The van der Waals surface area contributed by atoms with Gasteiger partial charge in [0.2, 0.25) is 0 Å². The van der Waals surface area contributed by atoms with Gasteiger partial charge in [0.1, 0.15) is 17.0 Å². The minimum Gasteiger partial charge on any atom is -0.481 e. The molecule has 7 nitrogen and oxygen atoms in total. The molecule has 2 aromatic rings. The molecule has 10 heteroatoms. The Morgan fingerprint density at radius 2 is 2.22 bits per heavy atom. The molecular formula is C17H19ClFN5O2S. The number of rotatable bonds is 5. The summed E-state index contributed by atoms with van der Waals surface area (Å²) in [5.41, 5.74) is 12.3. The second-order valence-corrected chi connectivity index (χ2v) is 7.66. The number of hydrogen-bond donors (Lipinski definition) is 3. The average molecular weight is 412 g/mol. The van der Waals surface area contributed by atoms with E-state index in [-0.39, 0.29) is 18.7 Å². The summed E-state index contributed by atoms with van der Waals surface area (Å²) in [6, 6.07) is 4.79. The van der Waals surface area contributed by atoms with Crippen LogP contribution in [-0.4, -0.2) is 39.8 Å². The first-order valence-electron chi connectivity index (χ1n) is 8.32. The van der Waals surface area contributed by atoms with Gasteiger partial charge in [-0.25, -0.2) is 14.4 Å². The van der Waals surface area contributed by atoms with Crippen LogP contribution in [0.4, 0.5) is 21.7 Å². The molecule has 1 aliphatic heterocycles. The van der Waals surface area contributed by atoms with Crippen LogP contribution in [0, 0.1) is 0 Å². The fourth-order valence-electron chi connectivity index (χ4n) is 3.01. The van der Waals surface area contributed by atoms with Gasteiger partial charge in [0.25, 0.3) is 0 Å². The second kappa shape index (κ2) is 8.18. The van der Waals surface area contributed by atoms with Crippen molar-refractivity contribution in [2.24, 2.45) is 0 Å². The van der Waals surface area contributed by atoms with Gasteiger partial charge in [0, 0.05) is 17.5 Å². The summed E-state index contributed by atoms with van der Waals surface area (Å²) < 4.78 is 13.7. The highest BCUT2D eigenvalue weighted by Gasteiger charge is 2.31. The Morgan fingerprint density at radius 3 is 2.93 bits per heavy atom. The topological polar surface area (TPSA) is 118 Å². The summed E-state index contributed by atoms with van der Waals surface area (Å²) >= 11 is 7.43. The van der Waals surface area contributed by atoms with Crippen LogP contribution in [-0.2, 0) is 4.79 Å². The standard InChI is InChI=1S/C17H19ClFN5O2S/c18-15-11(20)2-1-3-12(15)27-17-16(21)23-13(8-22-17)24-5-4-9(19)6-10(24)7-14(25)26/h1-3,8-10H,4-7,20H2,(H2,21,23)(H,25,26). The van der Waals surface area contributed by atoms with E-state index in [1.165, 1.54) is 18.0 Å². The highest BCUT2D eigenvalue weighted by Crippen LogP contribution is 2.38. The van der Waals surface area contributed by atoms with Gasteiger partial charge in [-0.2, -0.15) is 0 Å². The number of benzene rings is 1. The van der Waals surface area contributed by atoms with Gasteiger partial charge in [-0.3, -0.25) is 4.79 Å². The number of carboxylic acids is 1. The van der Waals surface area contributed by atoms with Crippen molar-refractivity contribution in [3.63, 3.8) is 0 Å². The fraction of sp³-hybridized carbons (Fsp3) is 0.353. The number of alkyl halides is 1. The predicted octanol–water partition coefficient (Wildman–Crippen LogP) is 3.23. The molecule has 2 heterocycles. The lowest BCUT2D eigenvalue weighted by Crippen LogP contribution is -2.45. The number of nitrogens with two attached hydrogens (primary N) is 2. The summed E-state index contributed by atoms with van der Waals surface area (Å²) in [5, 5.41) is 9.97. The summed E-state index contributed by atoms with van der Waals surface area (Å²) in [7, 11) is 0. The first-order valence-corrected chi connectivity index (χ1v) is 9.51. The van der Waals surface area contributed by atoms with Gasteiger partial charge in [-0.15, -0.1) is 0 Å². The van der Waals surface area contributed by atoms with Gasteiger partial charge in [-0.1, -0.05) is 29.4 Å². The summed E-state index contributed by atoms with van der Waals surface area (Å²) in [4.78, 5) is 22.3. The average Bonchev–Trinajstić information content (AvgIpc) is 2.60. The summed E-state index contributed by atoms with van der Waals surface area (Å²) in [6.45, 7) is 0.362. The van der Waals surface area contributed by atoms with Crippen molar-refractivity contribution in [2.45, 2.75) is 41.4 Å². The fourth-order valence-corrected chi connectivity index (χ4v) is 4.07. The largest absolute Gasteiger partial charge is 0.481 e. The molecule has 0 amide bonds. The molecule has 1 aromatic heterocycles. The SMILES string of the molecule is Nc1cccc(Sc2ncc(N3CCC(F)CC3CC(=O)O)nc2N)c1Cl. The van der Waals surface area contributed by atoms with Crippen LogP contribution in [0.2, 0.25) is 5.02 Å². The Labute approximate surface area is 164 Å². The van der Waals surface area contributed by atoms with Gasteiger partial charge >= 0.3 is 5.97 Å². The number of aromatic nitrogens is 2. The second-order valence-electron chi connectivity index (χ2n) is 6.25. The third kappa shape index (κ3) is 4.54. The Morgan fingerprint density at radius 1 is 1.44 bits per heavy atom. The lowest BCUT2D eigenvalue weighted by Gasteiger charge is -2.37. The van der Waals surface area contributed by atoms with E-state index in [9.17, 15) is 9.18 Å². The number of aliphatic carboxylic acids is 1. The quantitative estimate of drug-likeness (QED) is 0.641. The molecule has 2 atom stereocenters. The van der Waals surface area contributed by atoms with E-state index in [1.807, 2.05) is 0 Å². The predicted molar refractivity (Wildman–Crippen MR) is 104 cm³/mol. The monoisotopic (exact) mass is 411 g/mol. The zero-order valence-electron chi connectivity index (χ0n) is 14.3. The molecule has 1 aromatic carbocycles. The van der Waals surface area contributed by atoms with Crippen LogP contribution in [0.25, 0.3) is 0 Å². The molecule has 2 unspecified atom stereocenters. The summed E-state index contributed by atoms with van der Waals surface area (Å²) in [5.74, 6) is -0.357. The van der Waals surface area contributed by atoms with Crippen LogP contribution in [0.15, 0.2) is 34.3 Å². The van der Waals surface area contributed by atoms with E-state index in [1.54, 1.807) is 23.1 Å². The first-order chi connectivity index (χ1) is 12.8. The van der Waals surface area contributed by atoms with Gasteiger partial charge in [0.05, 0.1) is 23.3 Å². The van der Waals surface area contributed by atoms with Crippen LogP contribution < -0.4 is 16.4 Å². The minimum absolute atomic E-state index is 0.142. The van der Waals surface area contributed by atoms with E-state index in [0.717, 1.165) is 0 Å². The number of hydrogen-bond acceptors (Lipinski definition) is 7. The molecule has 144 valence electrons. The number of carbonyl (C=O) groups is 1. The lowest BCUT2D eigenvalue weighted by molar-refractivity contribution is -0.137. The molecule has 0 bridgehead atoms. The van der Waals surface area contributed by atoms with E-state index in [2.05, 4.69) is 9.97 Å². The molecule has 27 heavy (non-hydrogen) atoms. The molecule has 0 saturated carbocycles. The lowest BCUT2D eigenvalue weighted by atomic mass is 9.98. The molecule has 0 spiro atoms. The number of carboxylic acid groups (broad SMARTS) is 1. The molecule has 3 rings (SSSR count). The highest BCUT2D eigenvalue weighted by atomic mass is 35.5. The Bertz CT molecular complexity index is 856. The summed E-state index contributed by atoms with van der Waals surface area (Å²) in [6.07, 6.45) is 0.788. The van der Waals surface area contributed by atoms with Crippen molar-refractivity contribution in [2.75, 3.05) is 22.9 Å². The van der Waals surface area contributed by atoms with Crippen molar-refractivity contribution < 1.29 is 14.3 Å². The number of nitrogens with zero attached hydrogens (tertiary/aromatic N) is 3. The van der Waals surface area contributed by atoms with E-state index >= 15 is 0 Å². The normalized spacial score (nSPS) is 19.9. The maximum atomic E-state index is 13.7. The zero-order valence-corrected chi connectivity index (χ0v) is 15.9. The smallest absolute Gasteiger partial charge is 0.305 e. The van der Waals surface area contributed by atoms with Crippen molar-refractivity contribution in [3.8, 4) is 0 Å². The Kier molecular flexibility index (Phi) is 5.91. The number of halogens is 2. The molecule has 1 aliphatic rings. The van der Waals surface area contributed by atoms with Gasteiger partial charge in [-0.05, 0) is 25.0 Å². The highest BCUT2D eigenvalue weighted by molar-refractivity contribution is 7.99. The van der Waals surface area contributed by atoms with E-state index < -0.39 is 18.2 Å². The first kappa shape index (κ1) is 19.5. The van der Waals surface area contributed by atoms with Crippen LogP contribution in [0.3, 0.4) is 0 Å². The minimum atomic E-state index is -1.02. The Balaban J connectivity index is 1.83. The molecule has 1 saturated heterocycles. The molecular weight excluding hydrogens is 393 g/mol. The maximum absolute atomic E-state index is 13.7. The molecule has 1 fully saturated rings. The van der Waals surface area contributed by atoms with Crippen molar-refractivity contribution in [1.29, 1.82) is 0 Å². The third-order valence-corrected chi connectivity index (χ3v) is 5.91. The number of nitrogen functional groups attached to an aromatic ring is 2. The van der Waals surface area contributed by atoms with Crippen molar-refractivity contribution in [3.05, 3.63) is 29.4 Å². The maximum Gasteiger partial charge on any atom is 0.305 e. The van der Waals surface area contributed by atoms with Gasteiger partial charge < -0.3 is 21.5 Å². The zero-order chi connectivity index (χ0) is 19.6. The van der Waals surface area contributed by atoms with Crippen LogP contribution in [0.1, 0.15) is 19.3 Å². The Hall–Kier alpha value is -2.26.